The summed E-state index contributed by atoms with van der Waals surface area (Å²) in [6, 6.07) is 11.0. The number of fused-ring (bicyclic) bond motifs is 2. The van der Waals surface area contributed by atoms with Gasteiger partial charge >= 0.3 is 0 Å². The number of piperazine rings is 1. The molecule has 0 bridgehead atoms. The molecule has 2 aromatic heterocycles. The van der Waals surface area contributed by atoms with E-state index in [0.717, 1.165) is 42.9 Å². The van der Waals surface area contributed by atoms with Gasteiger partial charge in [0.05, 0.1) is 33.2 Å². The Kier molecular flexibility index (Phi) is 3.91. The van der Waals surface area contributed by atoms with Crippen LogP contribution in [0.25, 0.3) is 33.3 Å². The van der Waals surface area contributed by atoms with Gasteiger partial charge in [-0.1, -0.05) is 6.07 Å². The highest BCUT2D eigenvalue weighted by atomic mass is 19.1. The van der Waals surface area contributed by atoms with Crippen LogP contribution >= 0.6 is 0 Å². The van der Waals surface area contributed by atoms with E-state index in [4.69, 9.17) is 10.7 Å². The van der Waals surface area contributed by atoms with Crippen LogP contribution in [0.15, 0.2) is 42.6 Å². The molecule has 0 atom stereocenters. The number of nitrogens with zero attached hydrogens (tertiary/aromatic N) is 4. The van der Waals surface area contributed by atoms with Crippen LogP contribution in [0.1, 0.15) is 0 Å². The lowest BCUT2D eigenvalue weighted by Crippen LogP contribution is -2.44. The minimum Gasteiger partial charge on any atom is -0.397 e. The number of halogens is 1. The van der Waals surface area contributed by atoms with Crippen LogP contribution in [0.4, 0.5) is 15.8 Å². The number of aromatic amines is 1. The predicted molar refractivity (Wildman–Crippen MR) is 111 cm³/mol. The molecule has 4 aromatic rings. The van der Waals surface area contributed by atoms with Gasteiger partial charge in [0, 0.05) is 38.1 Å². The summed E-state index contributed by atoms with van der Waals surface area (Å²) in [6.45, 7) is 4.10. The summed E-state index contributed by atoms with van der Waals surface area (Å²) in [7, 11) is 2.14. The molecule has 2 aromatic carbocycles. The molecule has 6 nitrogen and oxygen atoms in total. The number of rotatable bonds is 2. The van der Waals surface area contributed by atoms with Crippen LogP contribution in [-0.4, -0.2) is 53.1 Å². The third-order valence-electron chi connectivity index (χ3n) is 5.47. The number of imidazole rings is 1. The van der Waals surface area contributed by atoms with Crippen molar-refractivity contribution in [3.8, 4) is 11.4 Å². The zero-order chi connectivity index (χ0) is 19.3. The van der Waals surface area contributed by atoms with Crippen LogP contribution in [-0.2, 0) is 0 Å². The van der Waals surface area contributed by atoms with E-state index in [1.807, 2.05) is 6.07 Å². The third kappa shape index (κ3) is 2.75. The van der Waals surface area contributed by atoms with Crippen LogP contribution in [0.5, 0.6) is 0 Å². The van der Waals surface area contributed by atoms with Crippen molar-refractivity contribution in [2.75, 3.05) is 43.9 Å². The first-order valence-electron chi connectivity index (χ1n) is 9.36. The van der Waals surface area contributed by atoms with Crippen LogP contribution in [0.3, 0.4) is 0 Å². The van der Waals surface area contributed by atoms with Crippen LogP contribution < -0.4 is 10.6 Å². The molecule has 1 saturated heterocycles. The summed E-state index contributed by atoms with van der Waals surface area (Å²) in [5.41, 5.74) is 10.7. The molecule has 0 aliphatic carbocycles. The normalized spacial score (nSPS) is 15.6. The minimum absolute atomic E-state index is 0.332. The molecule has 7 heteroatoms. The van der Waals surface area contributed by atoms with E-state index in [0.29, 0.717) is 28.0 Å². The number of pyridine rings is 1. The van der Waals surface area contributed by atoms with Crippen LogP contribution in [0.2, 0.25) is 0 Å². The standard InChI is InChI=1S/C21H21FN6/c1-27-7-9-28(10-8-27)13-5-6-16-18(11-13)26-21(25-16)14-12-24-17-4-2-3-15(22)19(17)20(14)23/h2-6,11-12H,7-10H2,1H3,(H2,23,24)(H,25,26). The number of benzene rings is 2. The summed E-state index contributed by atoms with van der Waals surface area (Å²) in [6.07, 6.45) is 1.65. The van der Waals surface area contributed by atoms with E-state index >= 15 is 0 Å². The van der Waals surface area contributed by atoms with E-state index in [1.165, 1.54) is 6.07 Å². The SMILES string of the molecule is CN1CCN(c2ccc3[nH]c(-c4cnc5cccc(F)c5c4N)nc3c2)CC1. The maximum atomic E-state index is 14.3. The number of nitrogens with two attached hydrogens (primary N) is 1. The van der Waals surface area contributed by atoms with Gasteiger partial charge < -0.3 is 20.5 Å². The first-order chi connectivity index (χ1) is 13.6. The fourth-order valence-corrected chi connectivity index (χ4v) is 3.80. The van der Waals surface area contributed by atoms with Gasteiger partial charge in [0.1, 0.15) is 11.6 Å². The summed E-state index contributed by atoms with van der Waals surface area (Å²) in [5, 5.41) is 0.332. The number of H-pyrrole nitrogens is 1. The van der Waals surface area contributed by atoms with Crippen molar-refractivity contribution in [2.24, 2.45) is 0 Å². The second-order valence-electron chi connectivity index (χ2n) is 7.30. The Morgan fingerprint density at radius 3 is 2.71 bits per heavy atom. The average Bonchev–Trinajstić information content (AvgIpc) is 3.12. The zero-order valence-corrected chi connectivity index (χ0v) is 15.6. The Bertz CT molecular complexity index is 1180. The van der Waals surface area contributed by atoms with Crippen molar-refractivity contribution in [3.05, 3.63) is 48.4 Å². The Balaban J connectivity index is 1.56. The first kappa shape index (κ1) is 16.9. The fourth-order valence-electron chi connectivity index (χ4n) is 3.80. The molecule has 3 heterocycles. The molecule has 1 aliphatic rings. The number of hydrogen-bond acceptors (Lipinski definition) is 5. The molecule has 1 fully saturated rings. The van der Waals surface area contributed by atoms with Gasteiger partial charge in [-0.15, -0.1) is 0 Å². The van der Waals surface area contributed by atoms with Gasteiger partial charge in [-0.05, 0) is 37.4 Å². The number of nitrogen functional groups attached to an aromatic ring is 1. The molecule has 0 radical (unpaired) electrons. The number of nitrogens with one attached hydrogen (secondary N) is 1. The lowest BCUT2D eigenvalue weighted by molar-refractivity contribution is 0.313. The molecule has 5 rings (SSSR count). The zero-order valence-electron chi connectivity index (χ0n) is 15.6. The molecular formula is C21H21FN6. The molecular weight excluding hydrogens is 355 g/mol. The quantitative estimate of drug-likeness (QED) is 0.562. The Hall–Kier alpha value is -3.19. The number of anilines is 2. The summed E-state index contributed by atoms with van der Waals surface area (Å²) in [5.74, 6) is 0.221. The van der Waals surface area contributed by atoms with Gasteiger partial charge in [0.15, 0.2) is 0 Å². The van der Waals surface area contributed by atoms with Crippen LogP contribution in [0, 0.1) is 5.82 Å². The average molecular weight is 376 g/mol. The molecule has 0 spiro atoms. The Labute approximate surface area is 161 Å². The monoisotopic (exact) mass is 376 g/mol. The lowest BCUT2D eigenvalue weighted by atomic mass is 10.1. The first-order valence-corrected chi connectivity index (χ1v) is 9.36. The van der Waals surface area contributed by atoms with Crippen molar-refractivity contribution in [1.29, 1.82) is 0 Å². The van der Waals surface area contributed by atoms with Crippen molar-refractivity contribution >= 4 is 33.3 Å². The van der Waals surface area contributed by atoms with Gasteiger partial charge in [0.25, 0.3) is 0 Å². The summed E-state index contributed by atoms with van der Waals surface area (Å²) >= 11 is 0. The summed E-state index contributed by atoms with van der Waals surface area (Å²) in [4.78, 5) is 17.1. The van der Waals surface area contributed by atoms with Crippen molar-refractivity contribution in [1.82, 2.24) is 19.9 Å². The minimum atomic E-state index is -0.377. The maximum absolute atomic E-state index is 14.3. The molecule has 3 N–H and O–H groups in total. The smallest absolute Gasteiger partial charge is 0.142 e. The molecule has 0 unspecified atom stereocenters. The van der Waals surface area contributed by atoms with E-state index in [2.05, 4.69) is 38.9 Å². The highest BCUT2D eigenvalue weighted by molar-refractivity contribution is 5.98. The molecule has 28 heavy (non-hydrogen) atoms. The summed E-state index contributed by atoms with van der Waals surface area (Å²) < 4.78 is 14.3. The molecule has 1 aliphatic heterocycles. The lowest BCUT2D eigenvalue weighted by Gasteiger charge is -2.34. The van der Waals surface area contributed by atoms with Gasteiger partial charge in [0.2, 0.25) is 0 Å². The van der Waals surface area contributed by atoms with Crippen molar-refractivity contribution in [3.63, 3.8) is 0 Å². The largest absolute Gasteiger partial charge is 0.397 e. The highest BCUT2D eigenvalue weighted by Crippen LogP contribution is 2.32. The predicted octanol–water partition coefficient (Wildman–Crippen LogP) is 3.25. The van der Waals surface area contributed by atoms with Gasteiger partial charge in [-0.25, -0.2) is 9.37 Å². The van der Waals surface area contributed by atoms with Crippen molar-refractivity contribution < 1.29 is 4.39 Å². The number of hydrogen-bond donors (Lipinski definition) is 2. The molecule has 142 valence electrons. The highest BCUT2D eigenvalue weighted by Gasteiger charge is 2.17. The van der Waals surface area contributed by atoms with Crippen molar-refractivity contribution in [2.45, 2.75) is 0 Å². The second-order valence-corrected chi connectivity index (χ2v) is 7.30. The third-order valence-corrected chi connectivity index (χ3v) is 5.47. The van der Waals surface area contributed by atoms with Gasteiger partial charge in [-0.3, -0.25) is 4.98 Å². The van der Waals surface area contributed by atoms with E-state index in [-0.39, 0.29) is 5.82 Å². The topological polar surface area (TPSA) is 74.1 Å². The number of likely N-dealkylation sites (N-methyl/N-ethyl adjacent to an activating group) is 1. The van der Waals surface area contributed by atoms with E-state index in [1.54, 1.807) is 18.3 Å². The molecule has 0 saturated carbocycles. The Morgan fingerprint density at radius 1 is 1.07 bits per heavy atom. The number of aromatic nitrogens is 3. The van der Waals surface area contributed by atoms with E-state index < -0.39 is 0 Å². The maximum Gasteiger partial charge on any atom is 0.142 e. The van der Waals surface area contributed by atoms with E-state index in [9.17, 15) is 4.39 Å². The van der Waals surface area contributed by atoms with Gasteiger partial charge in [-0.2, -0.15) is 0 Å². The Morgan fingerprint density at radius 2 is 1.89 bits per heavy atom. The fraction of sp³-hybridized carbons (Fsp3) is 0.238. The molecule has 0 amide bonds. The second kappa shape index (κ2) is 6.45.